The highest BCUT2D eigenvalue weighted by Gasteiger charge is 2.08. The molecule has 1 rings (SSSR count). The minimum absolute atomic E-state index is 0.170. The molecule has 0 aromatic heterocycles. The van der Waals surface area contributed by atoms with Gasteiger partial charge in [-0.25, -0.2) is 0 Å². The molecule has 0 aliphatic rings. The lowest BCUT2D eigenvalue weighted by molar-refractivity contribution is 0.137. The second kappa shape index (κ2) is 5.41. The fourth-order valence-electron chi connectivity index (χ4n) is 1.36. The van der Waals surface area contributed by atoms with Crippen molar-refractivity contribution in [2.24, 2.45) is 0 Å². The van der Waals surface area contributed by atoms with Crippen LogP contribution in [-0.2, 0) is 4.74 Å². The van der Waals surface area contributed by atoms with Gasteiger partial charge in [-0.15, -0.1) is 0 Å². The molecular weight excluding hydrogens is 160 g/mol. The van der Waals surface area contributed by atoms with Gasteiger partial charge in [-0.2, -0.15) is 0 Å². The van der Waals surface area contributed by atoms with Gasteiger partial charge in [-0.1, -0.05) is 50.3 Å². The van der Waals surface area contributed by atoms with Gasteiger partial charge in [0.05, 0.1) is 6.26 Å². The molecule has 70 valence electrons. The van der Waals surface area contributed by atoms with E-state index in [1.165, 1.54) is 11.8 Å². The summed E-state index contributed by atoms with van der Waals surface area (Å²) in [6.07, 6.45) is 3.85. The first-order chi connectivity index (χ1) is 6.38. The van der Waals surface area contributed by atoms with Crippen LogP contribution in [-0.4, -0.2) is 0 Å². The summed E-state index contributed by atoms with van der Waals surface area (Å²) in [6.45, 7) is 5.74. The molecule has 0 saturated heterocycles. The molecule has 0 bridgehead atoms. The Hall–Kier alpha value is -1.24. The first-order valence-corrected chi connectivity index (χ1v) is 4.69. The van der Waals surface area contributed by atoms with Crippen molar-refractivity contribution in [1.82, 2.24) is 0 Å². The first-order valence-electron chi connectivity index (χ1n) is 4.69. The number of rotatable bonds is 5. The Labute approximate surface area is 80.0 Å². The molecule has 0 aliphatic carbocycles. The second-order valence-corrected chi connectivity index (χ2v) is 2.99. The SMILES string of the molecule is C=CO[C@@H](CCC)c1ccccc1. The maximum Gasteiger partial charge on any atom is 0.123 e. The van der Waals surface area contributed by atoms with Crippen molar-refractivity contribution in [3.8, 4) is 0 Å². The molecule has 0 saturated carbocycles. The molecule has 0 aliphatic heterocycles. The Balaban J connectivity index is 2.69. The predicted octanol–water partition coefficient (Wildman–Crippen LogP) is 3.69. The zero-order valence-electron chi connectivity index (χ0n) is 8.07. The van der Waals surface area contributed by atoms with Crippen LogP contribution in [0.2, 0.25) is 0 Å². The van der Waals surface area contributed by atoms with Crippen molar-refractivity contribution < 1.29 is 4.74 Å². The highest BCUT2D eigenvalue weighted by atomic mass is 16.5. The Bertz CT molecular complexity index is 241. The van der Waals surface area contributed by atoms with Crippen LogP contribution in [0.25, 0.3) is 0 Å². The van der Waals surface area contributed by atoms with E-state index in [9.17, 15) is 0 Å². The summed E-state index contributed by atoms with van der Waals surface area (Å²) in [4.78, 5) is 0. The topological polar surface area (TPSA) is 9.23 Å². The summed E-state index contributed by atoms with van der Waals surface area (Å²) in [5, 5.41) is 0. The molecule has 1 aromatic rings. The molecule has 0 heterocycles. The van der Waals surface area contributed by atoms with Gasteiger partial charge in [0.25, 0.3) is 0 Å². The first kappa shape index (κ1) is 9.85. The number of hydrogen-bond donors (Lipinski definition) is 0. The maximum absolute atomic E-state index is 5.43. The van der Waals surface area contributed by atoms with Crippen molar-refractivity contribution in [2.45, 2.75) is 25.9 Å². The molecule has 0 radical (unpaired) electrons. The molecule has 1 nitrogen and oxygen atoms in total. The average Bonchev–Trinajstić information content (AvgIpc) is 2.19. The Morgan fingerprint density at radius 3 is 2.62 bits per heavy atom. The fourth-order valence-corrected chi connectivity index (χ4v) is 1.36. The van der Waals surface area contributed by atoms with Crippen molar-refractivity contribution in [2.75, 3.05) is 0 Å². The third-order valence-corrected chi connectivity index (χ3v) is 1.98. The lowest BCUT2D eigenvalue weighted by Gasteiger charge is -2.15. The quantitative estimate of drug-likeness (QED) is 0.622. The maximum atomic E-state index is 5.43. The molecule has 1 heteroatoms. The number of hydrogen-bond acceptors (Lipinski definition) is 1. The van der Waals surface area contributed by atoms with E-state index in [1.54, 1.807) is 0 Å². The molecule has 1 aromatic carbocycles. The third kappa shape index (κ3) is 2.94. The van der Waals surface area contributed by atoms with E-state index in [0.717, 1.165) is 12.8 Å². The van der Waals surface area contributed by atoms with Crippen molar-refractivity contribution in [3.05, 3.63) is 48.7 Å². The lowest BCUT2D eigenvalue weighted by Crippen LogP contribution is -1.99. The van der Waals surface area contributed by atoms with Crippen LogP contribution in [0.3, 0.4) is 0 Å². The van der Waals surface area contributed by atoms with E-state index < -0.39 is 0 Å². The molecule has 0 N–H and O–H groups in total. The molecule has 13 heavy (non-hydrogen) atoms. The molecule has 0 spiro atoms. The van der Waals surface area contributed by atoms with E-state index in [4.69, 9.17) is 4.74 Å². The molecule has 1 atom stereocenters. The van der Waals surface area contributed by atoms with E-state index in [-0.39, 0.29) is 6.10 Å². The second-order valence-electron chi connectivity index (χ2n) is 2.99. The van der Waals surface area contributed by atoms with E-state index in [0.29, 0.717) is 0 Å². The minimum atomic E-state index is 0.170. The van der Waals surface area contributed by atoms with Crippen LogP contribution >= 0.6 is 0 Å². The van der Waals surface area contributed by atoms with Crippen LogP contribution in [0.1, 0.15) is 31.4 Å². The molecule has 0 amide bonds. The summed E-state index contributed by atoms with van der Waals surface area (Å²) < 4.78 is 5.43. The molecule has 0 unspecified atom stereocenters. The zero-order chi connectivity index (χ0) is 9.52. The average molecular weight is 176 g/mol. The summed E-state index contributed by atoms with van der Waals surface area (Å²) >= 11 is 0. The Morgan fingerprint density at radius 2 is 2.08 bits per heavy atom. The highest BCUT2D eigenvalue weighted by molar-refractivity contribution is 5.17. The van der Waals surface area contributed by atoms with Gasteiger partial charge in [0.1, 0.15) is 6.10 Å². The van der Waals surface area contributed by atoms with Crippen LogP contribution in [0, 0.1) is 0 Å². The number of ether oxygens (including phenoxy) is 1. The van der Waals surface area contributed by atoms with Crippen LogP contribution in [0.4, 0.5) is 0 Å². The molecular formula is C12H16O. The Morgan fingerprint density at radius 1 is 1.38 bits per heavy atom. The normalized spacial score (nSPS) is 12.1. The highest BCUT2D eigenvalue weighted by Crippen LogP contribution is 2.22. The van der Waals surface area contributed by atoms with Gasteiger partial charge in [0.15, 0.2) is 0 Å². The summed E-state index contributed by atoms with van der Waals surface area (Å²) in [6, 6.07) is 10.3. The monoisotopic (exact) mass is 176 g/mol. The van der Waals surface area contributed by atoms with Gasteiger partial charge < -0.3 is 4.74 Å². The smallest absolute Gasteiger partial charge is 0.123 e. The van der Waals surface area contributed by atoms with Crippen molar-refractivity contribution in [1.29, 1.82) is 0 Å². The van der Waals surface area contributed by atoms with Crippen LogP contribution in [0.15, 0.2) is 43.2 Å². The molecule has 0 fully saturated rings. The largest absolute Gasteiger partial charge is 0.494 e. The predicted molar refractivity (Wildman–Crippen MR) is 55.4 cm³/mol. The zero-order valence-corrected chi connectivity index (χ0v) is 8.07. The van der Waals surface area contributed by atoms with Gasteiger partial charge >= 0.3 is 0 Å². The van der Waals surface area contributed by atoms with Crippen molar-refractivity contribution in [3.63, 3.8) is 0 Å². The van der Waals surface area contributed by atoms with Gasteiger partial charge in [-0.3, -0.25) is 0 Å². The minimum Gasteiger partial charge on any atom is -0.494 e. The van der Waals surface area contributed by atoms with Gasteiger partial charge in [-0.05, 0) is 12.0 Å². The van der Waals surface area contributed by atoms with Gasteiger partial charge in [0.2, 0.25) is 0 Å². The summed E-state index contributed by atoms with van der Waals surface area (Å²) in [5.41, 5.74) is 1.23. The van der Waals surface area contributed by atoms with Crippen LogP contribution < -0.4 is 0 Å². The fraction of sp³-hybridized carbons (Fsp3) is 0.333. The summed E-state index contributed by atoms with van der Waals surface area (Å²) in [5.74, 6) is 0. The summed E-state index contributed by atoms with van der Waals surface area (Å²) in [7, 11) is 0. The van der Waals surface area contributed by atoms with E-state index in [2.05, 4.69) is 25.6 Å². The Kier molecular flexibility index (Phi) is 4.10. The van der Waals surface area contributed by atoms with E-state index in [1.807, 2.05) is 18.2 Å². The lowest BCUT2D eigenvalue weighted by atomic mass is 10.1. The number of benzene rings is 1. The van der Waals surface area contributed by atoms with Gasteiger partial charge in [0, 0.05) is 0 Å². The van der Waals surface area contributed by atoms with Crippen molar-refractivity contribution >= 4 is 0 Å². The standard InChI is InChI=1S/C12H16O/c1-3-8-12(13-4-2)11-9-6-5-7-10-11/h4-7,9-10,12H,2-3,8H2,1H3/t12-/m0/s1. The van der Waals surface area contributed by atoms with Crippen LogP contribution in [0.5, 0.6) is 0 Å². The third-order valence-electron chi connectivity index (χ3n) is 1.98. The van der Waals surface area contributed by atoms with E-state index >= 15 is 0 Å².